The number of carboxylic acids is 1. The summed E-state index contributed by atoms with van der Waals surface area (Å²) in [5.74, 6) is -1.26. The number of aliphatic carboxylic acids is 1. The number of unbranched alkanes of at least 4 members (excludes halogenated alkanes) is 3. The topological polar surface area (TPSA) is 66.4 Å². The van der Waals surface area contributed by atoms with E-state index in [1.165, 1.54) is 6.92 Å². The Labute approximate surface area is 90.4 Å². The van der Waals surface area contributed by atoms with Crippen molar-refractivity contribution in [3.05, 3.63) is 12.7 Å². The van der Waals surface area contributed by atoms with E-state index in [2.05, 4.69) is 11.9 Å². The fourth-order valence-electron chi connectivity index (χ4n) is 1.32. The van der Waals surface area contributed by atoms with Gasteiger partial charge in [-0.1, -0.05) is 18.9 Å². The van der Waals surface area contributed by atoms with Gasteiger partial charge >= 0.3 is 5.97 Å². The lowest BCUT2D eigenvalue weighted by Gasteiger charge is -2.12. The SMILES string of the molecule is C=CCCCCCC(NC(C)=O)C(=O)O. The van der Waals surface area contributed by atoms with Gasteiger partial charge in [0.1, 0.15) is 6.04 Å². The van der Waals surface area contributed by atoms with Gasteiger partial charge in [-0.15, -0.1) is 6.58 Å². The highest BCUT2D eigenvalue weighted by molar-refractivity contribution is 5.81. The van der Waals surface area contributed by atoms with E-state index in [4.69, 9.17) is 5.11 Å². The van der Waals surface area contributed by atoms with E-state index in [1.807, 2.05) is 6.08 Å². The second kappa shape index (κ2) is 8.03. The van der Waals surface area contributed by atoms with Gasteiger partial charge in [0.05, 0.1) is 0 Å². The minimum absolute atomic E-state index is 0.298. The number of nitrogens with one attached hydrogen (secondary N) is 1. The third-order valence-corrected chi connectivity index (χ3v) is 2.08. The highest BCUT2D eigenvalue weighted by atomic mass is 16.4. The number of carbonyl (C=O) groups is 2. The molecule has 0 aliphatic heterocycles. The maximum absolute atomic E-state index is 10.7. The van der Waals surface area contributed by atoms with Crippen LogP contribution in [0.2, 0.25) is 0 Å². The molecule has 86 valence electrons. The van der Waals surface area contributed by atoms with Crippen molar-refractivity contribution >= 4 is 11.9 Å². The van der Waals surface area contributed by atoms with Crippen LogP contribution in [0.15, 0.2) is 12.7 Å². The minimum Gasteiger partial charge on any atom is -0.480 e. The maximum Gasteiger partial charge on any atom is 0.326 e. The first-order chi connectivity index (χ1) is 7.07. The summed E-state index contributed by atoms with van der Waals surface area (Å²) in [5.41, 5.74) is 0. The van der Waals surface area contributed by atoms with Gasteiger partial charge in [0.15, 0.2) is 0 Å². The number of rotatable bonds is 8. The Morgan fingerprint density at radius 1 is 1.40 bits per heavy atom. The summed E-state index contributed by atoms with van der Waals surface area (Å²) in [7, 11) is 0. The van der Waals surface area contributed by atoms with Crippen LogP contribution < -0.4 is 5.32 Å². The molecule has 15 heavy (non-hydrogen) atoms. The maximum atomic E-state index is 10.7. The van der Waals surface area contributed by atoms with Crippen molar-refractivity contribution in [2.24, 2.45) is 0 Å². The predicted octanol–water partition coefficient (Wildman–Crippen LogP) is 1.71. The van der Waals surface area contributed by atoms with Gasteiger partial charge in [-0.2, -0.15) is 0 Å². The number of hydrogen-bond donors (Lipinski definition) is 2. The molecule has 0 bridgehead atoms. The van der Waals surface area contributed by atoms with E-state index in [1.54, 1.807) is 0 Å². The Balaban J connectivity index is 3.71. The lowest BCUT2D eigenvalue weighted by atomic mass is 10.1. The molecule has 0 saturated carbocycles. The Kier molecular flexibility index (Phi) is 7.32. The first-order valence-corrected chi connectivity index (χ1v) is 5.18. The molecule has 4 nitrogen and oxygen atoms in total. The Hall–Kier alpha value is -1.32. The molecule has 4 heteroatoms. The molecule has 2 N–H and O–H groups in total. The van der Waals surface area contributed by atoms with Crippen molar-refractivity contribution in [1.82, 2.24) is 5.32 Å². The lowest BCUT2D eigenvalue weighted by Crippen LogP contribution is -2.39. The first-order valence-electron chi connectivity index (χ1n) is 5.18. The molecule has 0 aromatic carbocycles. The molecular weight excluding hydrogens is 194 g/mol. The van der Waals surface area contributed by atoms with Crippen LogP contribution in [0.25, 0.3) is 0 Å². The molecule has 0 fully saturated rings. The number of carboxylic acid groups (broad SMARTS) is 1. The number of amides is 1. The van der Waals surface area contributed by atoms with Crippen LogP contribution in [0, 0.1) is 0 Å². The Bertz CT molecular complexity index is 226. The Morgan fingerprint density at radius 2 is 2.07 bits per heavy atom. The lowest BCUT2D eigenvalue weighted by molar-refractivity contribution is -0.141. The van der Waals surface area contributed by atoms with E-state index >= 15 is 0 Å². The molecule has 0 aromatic heterocycles. The van der Waals surface area contributed by atoms with Gasteiger partial charge < -0.3 is 10.4 Å². The zero-order valence-electron chi connectivity index (χ0n) is 9.16. The smallest absolute Gasteiger partial charge is 0.326 e. The summed E-state index contributed by atoms with van der Waals surface area (Å²) in [6.07, 6.45) is 6.10. The second-order valence-corrected chi connectivity index (χ2v) is 3.52. The molecule has 0 radical (unpaired) electrons. The standard InChI is InChI=1S/C11H19NO3/c1-3-4-5-6-7-8-10(11(14)15)12-9(2)13/h3,10H,1,4-8H2,2H3,(H,12,13)(H,14,15). The van der Waals surface area contributed by atoms with Crippen LogP contribution in [0.1, 0.15) is 39.0 Å². The Morgan fingerprint density at radius 3 is 2.53 bits per heavy atom. The summed E-state index contributed by atoms with van der Waals surface area (Å²) in [5, 5.41) is 11.2. The molecule has 1 unspecified atom stereocenters. The predicted molar refractivity (Wildman–Crippen MR) is 58.5 cm³/mol. The fraction of sp³-hybridized carbons (Fsp3) is 0.636. The first kappa shape index (κ1) is 13.7. The zero-order chi connectivity index (χ0) is 11.7. The molecule has 0 aromatic rings. The number of allylic oxidation sites excluding steroid dienone is 1. The van der Waals surface area contributed by atoms with Crippen molar-refractivity contribution in [2.75, 3.05) is 0 Å². The molecule has 1 amide bonds. The average Bonchev–Trinajstić information content (AvgIpc) is 2.15. The quantitative estimate of drug-likeness (QED) is 0.476. The number of carbonyl (C=O) groups excluding carboxylic acids is 1. The summed E-state index contributed by atoms with van der Waals surface area (Å²) in [6, 6.07) is -0.744. The molecule has 0 saturated heterocycles. The van der Waals surface area contributed by atoms with Crippen molar-refractivity contribution in [3.8, 4) is 0 Å². The van der Waals surface area contributed by atoms with Gasteiger partial charge in [0, 0.05) is 6.92 Å². The molecule has 0 spiro atoms. The monoisotopic (exact) mass is 213 g/mol. The van der Waals surface area contributed by atoms with Gasteiger partial charge in [-0.25, -0.2) is 4.79 Å². The van der Waals surface area contributed by atoms with E-state index in [9.17, 15) is 9.59 Å². The average molecular weight is 213 g/mol. The van der Waals surface area contributed by atoms with Gasteiger partial charge in [0.25, 0.3) is 0 Å². The van der Waals surface area contributed by atoms with Crippen LogP contribution in [0.3, 0.4) is 0 Å². The third kappa shape index (κ3) is 7.73. The van der Waals surface area contributed by atoms with E-state index in [-0.39, 0.29) is 5.91 Å². The van der Waals surface area contributed by atoms with E-state index < -0.39 is 12.0 Å². The van der Waals surface area contributed by atoms with E-state index in [0.29, 0.717) is 6.42 Å². The highest BCUT2D eigenvalue weighted by Crippen LogP contribution is 2.06. The van der Waals surface area contributed by atoms with Crippen molar-refractivity contribution < 1.29 is 14.7 Å². The van der Waals surface area contributed by atoms with Gasteiger partial charge in [0.2, 0.25) is 5.91 Å². The van der Waals surface area contributed by atoms with Gasteiger partial charge in [-0.05, 0) is 19.3 Å². The molecule has 1 atom stereocenters. The molecule has 0 rings (SSSR count). The molecule has 0 aliphatic rings. The minimum atomic E-state index is -0.964. The van der Waals surface area contributed by atoms with Crippen molar-refractivity contribution in [2.45, 2.75) is 45.1 Å². The fourth-order valence-corrected chi connectivity index (χ4v) is 1.32. The molecule has 0 aliphatic carbocycles. The van der Waals surface area contributed by atoms with Crippen LogP contribution >= 0.6 is 0 Å². The number of hydrogen-bond acceptors (Lipinski definition) is 2. The normalized spacial score (nSPS) is 11.8. The molecular formula is C11H19NO3. The van der Waals surface area contributed by atoms with E-state index in [0.717, 1.165) is 25.7 Å². The summed E-state index contributed by atoms with van der Waals surface area (Å²) in [4.78, 5) is 21.4. The zero-order valence-corrected chi connectivity index (χ0v) is 9.16. The van der Waals surface area contributed by atoms with Crippen LogP contribution in [-0.2, 0) is 9.59 Å². The third-order valence-electron chi connectivity index (χ3n) is 2.08. The summed E-state index contributed by atoms with van der Waals surface area (Å²) >= 11 is 0. The highest BCUT2D eigenvalue weighted by Gasteiger charge is 2.16. The summed E-state index contributed by atoms with van der Waals surface area (Å²) in [6.45, 7) is 4.94. The van der Waals surface area contributed by atoms with Crippen molar-refractivity contribution in [3.63, 3.8) is 0 Å². The van der Waals surface area contributed by atoms with Crippen molar-refractivity contribution in [1.29, 1.82) is 0 Å². The van der Waals surface area contributed by atoms with Gasteiger partial charge in [-0.3, -0.25) is 4.79 Å². The largest absolute Gasteiger partial charge is 0.480 e. The van der Waals surface area contributed by atoms with Crippen LogP contribution in [-0.4, -0.2) is 23.0 Å². The van der Waals surface area contributed by atoms with Crippen LogP contribution in [0.5, 0.6) is 0 Å². The summed E-state index contributed by atoms with van der Waals surface area (Å²) < 4.78 is 0. The molecule has 0 heterocycles. The second-order valence-electron chi connectivity index (χ2n) is 3.52. The van der Waals surface area contributed by atoms with Crippen LogP contribution in [0.4, 0.5) is 0 Å².